The van der Waals surface area contributed by atoms with Crippen LogP contribution >= 0.6 is 23.2 Å². The van der Waals surface area contributed by atoms with Gasteiger partial charge in [0.15, 0.2) is 9.84 Å². The molecule has 0 saturated carbocycles. The second-order valence-electron chi connectivity index (χ2n) is 5.11. The second-order valence-corrected chi connectivity index (χ2v) is 8.06. The summed E-state index contributed by atoms with van der Waals surface area (Å²) in [6, 6.07) is 7.48. The van der Waals surface area contributed by atoms with Crippen LogP contribution in [0.25, 0.3) is 6.08 Å². The summed E-state index contributed by atoms with van der Waals surface area (Å²) < 4.78 is 24.5. The van der Waals surface area contributed by atoms with Gasteiger partial charge in [0.1, 0.15) is 5.82 Å². The smallest absolute Gasteiger partial charge is 0.267 e. The van der Waals surface area contributed by atoms with E-state index >= 15 is 0 Å². The predicted octanol–water partition coefficient (Wildman–Crippen LogP) is 2.79. The number of hydroxylamine groups is 1. The Bertz CT molecular complexity index is 916. The van der Waals surface area contributed by atoms with E-state index in [4.69, 9.17) is 28.4 Å². The van der Waals surface area contributed by atoms with E-state index in [2.05, 4.69) is 10.3 Å². The van der Waals surface area contributed by atoms with Crippen LogP contribution in [0.3, 0.4) is 0 Å². The molecule has 0 saturated heterocycles. The van der Waals surface area contributed by atoms with Crippen LogP contribution in [0, 0.1) is 0 Å². The van der Waals surface area contributed by atoms with Crippen molar-refractivity contribution in [2.45, 2.75) is 4.90 Å². The Morgan fingerprint density at radius 3 is 2.54 bits per heavy atom. The molecular formula is C16H15Cl2N3O4S. The number of nitrogens with one attached hydrogen (secondary N) is 2. The fraction of sp³-hybridized carbons (Fsp3) is 0.125. The Balaban J connectivity index is 1.98. The number of hydrogen-bond acceptors (Lipinski definition) is 6. The summed E-state index contributed by atoms with van der Waals surface area (Å²) in [4.78, 5) is 15.2. The number of amides is 1. The van der Waals surface area contributed by atoms with E-state index in [1.807, 2.05) is 0 Å². The standard InChI is InChI=1S/C16H15Cl2N3O4S/c17-12-2-4-13(5-3-12)26(24,25)8-7-19-16-14(18)9-11(10-20-16)1-6-15(22)21-23/h1-6,9-10,23H,7-8H2,(H,19,20)(H,21,22). The minimum absolute atomic E-state index is 0.111. The first-order valence-corrected chi connectivity index (χ1v) is 9.72. The van der Waals surface area contributed by atoms with E-state index in [-0.39, 0.29) is 22.2 Å². The zero-order valence-electron chi connectivity index (χ0n) is 13.3. The number of benzene rings is 1. The monoisotopic (exact) mass is 415 g/mol. The molecule has 0 atom stereocenters. The van der Waals surface area contributed by atoms with Crippen molar-refractivity contribution in [3.8, 4) is 0 Å². The molecule has 1 aromatic heterocycles. The Labute approximate surface area is 160 Å². The molecule has 1 amide bonds. The van der Waals surface area contributed by atoms with Gasteiger partial charge < -0.3 is 5.32 Å². The fourth-order valence-corrected chi connectivity index (χ4v) is 3.47. The maximum atomic E-state index is 12.2. The maximum Gasteiger partial charge on any atom is 0.267 e. The molecule has 0 aliphatic carbocycles. The molecule has 138 valence electrons. The van der Waals surface area contributed by atoms with E-state index < -0.39 is 15.7 Å². The number of hydrogen-bond donors (Lipinski definition) is 3. The third-order valence-corrected chi connectivity index (χ3v) is 5.51. The Kier molecular flexibility index (Phi) is 6.98. The van der Waals surface area contributed by atoms with Gasteiger partial charge in [-0.15, -0.1) is 0 Å². The number of carbonyl (C=O) groups excluding carboxylic acids is 1. The van der Waals surface area contributed by atoms with E-state index in [1.165, 1.54) is 42.0 Å². The highest BCUT2D eigenvalue weighted by Crippen LogP contribution is 2.21. The molecule has 0 aliphatic rings. The summed E-state index contributed by atoms with van der Waals surface area (Å²) in [7, 11) is -3.46. The van der Waals surface area contributed by atoms with Crippen molar-refractivity contribution in [1.29, 1.82) is 0 Å². The van der Waals surface area contributed by atoms with Gasteiger partial charge in [-0.3, -0.25) is 10.0 Å². The van der Waals surface area contributed by atoms with E-state index in [1.54, 1.807) is 6.07 Å². The first kappa shape index (κ1) is 20.2. The third kappa shape index (κ3) is 5.70. The summed E-state index contributed by atoms with van der Waals surface area (Å²) >= 11 is 11.8. The van der Waals surface area contributed by atoms with Crippen LogP contribution < -0.4 is 10.8 Å². The molecule has 0 fully saturated rings. The first-order valence-electron chi connectivity index (χ1n) is 7.32. The molecule has 2 aromatic rings. The lowest BCUT2D eigenvalue weighted by molar-refractivity contribution is -0.124. The number of pyridine rings is 1. The molecule has 3 N–H and O–H groups in total. The van der Waals surface area contributed by atoms with Gasteiger partial charge in [0.2, 0.25) is 0 Å². The number of anilines is 1. The summed E-state index contributed by atoms with van der Waals surface area (Å²) in [5.74, 6) is -0.511. The number of sulfone groups is 1. The minimum Gasteiger partial charge on any atom is -0.368 e. The summed E-state index contributed by atoms with van der Waals surface area (Å²) in [6.45, 7) is 0.111. The maximum absolute atomic E-state index is 12.2. The van der Waals surface area contributed by atoms with Gasteiger partial charge in [-0.1, -0.05) is 23.2 Å². The van der Waals surface area contributed by atoms with Gasteiger partial charge in [-0.05, 0) is 42.0 Å². The minimum atomic E-state index is -3.46. The lowest BCUT2D eigenvalue weighted by atomic mass is 10.2. The van der Waals surface area contributed by atoms with E-state index in [9.17, 15) is 13.2 Å². The Morgan fingerprint density at radius 1 is 1.23 bits per heavy atom. The van der Waals surface area contributed by atoms with Gasteiger partial charge in [0.25, 0.3) is 5.91 Å². The SMILES string of the molecule is O=C(C=Cc1cnc(NCCS(=O)(=O)c2ccc(Cl)cc2)c(Cl)c1)NO. The highest BCUT2D eigenvalue weighted by atomic mass is 35.5. The molecular weight excluding hydrogens is 401 g/mol. The molecule has 7 nitrogen and oxygen atoms in total. The number of carbonyl (C=O) groups is 1. The van der Waals surface area contributed by atoms with Crippen LogP contribution in [0.2, 0.25) is 10.0 Å². The molecule has 0 bridgehead atoms. The predicted molar refractivity (Wildman–Crippen MR) is 100 cm³/mol. The highest BCUT2D eigenvalue weighted by molar-refractivity contribution is 7.91. The molecule has 0 spiro atoms. The Morgan fingerprint density at radius 2 is 1.92 bits per heavy atom. The normalized spacial score (nSPS) is 11.5. The topological polar surface area (TPSA) is 108 Å². The van der Waals surface area contributed by atoms with Gasteiger partial charge in [-0.25, -0.2) is 18.9 Å². The summed E-state index contributed by atoms with van der Waals surface area (Å²) in [5.41, 5.74) is 2.00. The van der Waals surface area contributed by atoms with Crippen LogP contribution in [0.5, 0.6) is 0 Å². The molecule has 0 unspecified atom stereocenters. The number of aromatic nitrogens is 1. The first-order chi connectivity index (χ1) is 12.3. The molecule has 10 heteroatoms. The van der Waals surface area contributed by atoms with Crippen molar-refractivity contribution in [3.05, 3.63) is 58.2 Å². The zero-order valence-corrected chi connectivity index (χ0v) is 15.6. The van der Waals surface area contributed by atoms with Crippen molar-refractivity contribution < 1.29 is 18.4 Å². The second kappa shape index (κ2) is 9.00. The fourth-order valence-electron chi connectivity index (χ4n) is 1.95. The average Bonchev–Trinajstić information content (AvgIpc) is 2.61. The molecule has 2 rings (SSSR count). The van der Waals surface area contributed by atoms with E-state index in [0.717, 1.165) is 6.08 Å². The average molecular weight is 416 g/mol. The molecule has 0 aliphatic heterocycles. The summed E-state index contributed by atoms with van der Waals surface area (Å²) in [5, 5.41) is 12.0. The molecule has 1 heterocycles. The quantitative estimate of drug-likeness (QED) is 0.364. The lowest BCUT2D eigenvalue weighted by Gasteiger charge is -2.09. The van der Waals surface area contributed by atoms with Crippen LogP contribution in [0.4, 0.5) is 5.82 Å². The summed E-state index contributed by atoms with van der Waals surface area (Å²) in [6.07, 6.45) is 3.97. The van der Waals surface area contributed by atoms with Crippen molar-refractivity contribution >= 4 is 50.8 Å². The van der Waals surface area contributed by atoms with Crippen LogP contribution in [0.15, 0.2) is 47.5 Å². The van der Waals surface area contributed by atoms with Gasteiger partial charge in [-0.2, -0.15) is 0 Å². The van der Waals surface area contributed by atoms with E-state index in [0.29, 0.717) is 16.4 Å². The van der Waals surface area contributed by atoms with Gasteiger partial charge >= 0.3 is 0 Å². The van der Waals surface area contributed by atoms with Crippen LogP contribution in [-0.4, -0.2) is 36.8 Å². The Hall–Kier alpha value is -2.13. The molecule has 0 radical (unpaired) electrons. The zero-order chi connectivity index (χ0) is 19.2. The molecule has 26 heavy (non-hydrogen) atoms. The number of nitrogens with zero attached hydrogens (tertiary/aromatic N) is 1. The van der Waals surface area contributed by atoms with Gasteiger partial charge in [0.05, 0.1) is 15.7 Å². The molecule has 1 aromatic carbocycles. The van der Waals surface area contributed by atoms with Crippen molar-refractivity contribution in [3.63, 3.8) is 0 Å². The largest absolute Gasteiger partial charge is 0.368 e. The van der Waals surface area contributed by atoms with Crippen molar-refractivity contribution in [2.75, 3.05) is 17.6 Å². The lowest BCUT2D eigenvalue weighted by Crippen LogP contribution is -2.16. The number of halogens is 2. The highest BCUT2D eigenvalue weighted by Gasteiger charge is 2.14. The van der Waals surface area contributed by atoms with Crippen LogP contribution in [-0.2, 0) is 14.6 Å². The van der Waals surface area contributed by atoms with Crippen LogP contribution in [0.1, 0.15) is 5.56 Å². The van der Waals surface area contributed by atoms with Crippen molar-refractivity contribution in [1.82, 2.24) is 10.5 Å². The van der Waals surface area contributed by atoms with Gasteiger partial charge in [0, 0.05) is 23.8 Å². The number of rotatable bonds is 7. The van der Waals surface area contributed by atoms with Crippen molar-refractivity contribution in [2.24, 2.45) is 0 Å². The third-order valence-electron chi connectivity index (χ3n) is 3.24.